The SMILES string of the molecule is Cc1c(Cl)cccc1NCC(=O)N[C@H](C)c1ccc(F)cc1F. The van der Waals surface area contributed by atoms with Gasteiger partial charge in [-0.2, -0.15) is 0 Å². The van der Waals surface area contributed by atoms with E-state index in [1.165, 1.54) is 6.07 Å². The molecule has 0 aliphatic heterocycles. The van der Waals surface area contributed by atoms with Crippen LogP contribution in [0.1, 0.15) is 24.1 Å². The van der Waals surface area contributed by atoms with E-state index in [-0.39, 0.29) is 18.0 Å². The predicted molar refractivity (Wildman–Crippen MR) is 87.6 cm³/mol. The lowest BCUT2D eigenvalue weighted by Crippen LogP contribution is -2.32. The highest BCUT2D eigenvalue weighted by molar-refractivity contribution is 6.31. The summed E-state index contributed by atoms with van der Waals surface area (Å²) in [6, 6.07) is 8.08. The normalized spacial score (nSPS) is 11.9. The molecule has 0 heterocycles. The first kappa shape index (κ1) is 17.2. The molecule has 0 saturated heterocycles. The average Bonchev–Trinajstić information content (AvgIpc) is 2.48. The maximum atomic E-state index is 13.7. The molecule has 0 aromatic heterocycles. The minimum Gasteiger partial charge on any atom is -0.376 e. The van der Waals surface area contributed by atoms with E-state index in [0.29, 0.717) is 5.02 Å². The van der Waals surface area contributed by atoms with Gasteiger partial charge in [0.05, 0.1) is 12.6 Å². The fourth-order valence-corrected chi connectivity index (χ4v) is 2.37. The maximum absolute atomic E-state index is 13.7. The number of rotatable bonds is 5. The summed E-state index contributed by atoms with van der Waals surface area (Å²) in [7, 11) is 0. The van der Waals surface area contributed by atoms with Crippen molar-refractivity contribution in [1.82, 2.24) is 5.32 Å². The maximum Gasteiger partial charge on any atom is 0.239 e. The molecule has 1 atom stereocenters. The zero-order valence-electron chi connectivity index (χ0n) is 12.8. The molecule has 2 rings (SSSR count). The van der Waals surface area contributed by atoms with Crippen LogP contribution >= 0.6 is 11.6 Å². The van der Waals surface area contributed by atoms with Crippen molar-refractivity contribution < 1.29 is 13.6 Å². The lowest BCUT2D eigenvalue weighted by atomic mass is 10.1. The molecule has 3 nitrogen and oxygen atoms in total. The zero-order chi connectivity index (χ0) is 17.0. The van der Waals surface area contributed by atoms with Gasteiger partial charge in [0.25, 0.3) is 0 Å². The minimum absolute atomic E-state index is 0.0222. The molecular weight excluding hydrogens is 322 g/mol. The lowest BCUT2D eigenvalue weighted by Gasteiger charge is -2.16. The monoisotopic (exact) mass is 338 g/mol. The third-order valence-electron chi connectivity index (χ3n) is 3.51. The second-order valence-electron chi connectivity index (χ2n) is 5.22. The average molecular weight is 339 g/mol. The van der Waals surface area contributed by atoms with Crippen molar-refractivity contribution in [3.8, 4) is 0 Å². The number of carbonyl (C=O) groups excluding carboxylic acids is 1. The Kier molecular flexibility index (Phi) is 5.55. The van der Waals surface area contributed by atoms with Crippen LogP contribution in [-0.2, 0) is 4.79 Å². The second-order valence-corrected chi connectivity index (χ2v) is 5.63. The number of hydrogen-bond donors (Lipinski definition) is 2. The van der Waals surface area contributed by atoms with Crippen LogP contribution in [0.15, 0.2) is 36.4 Å². The van der Waals surface area contributed by atoms with Crippen molar-refractivity contribution in [2.45, 2.75) is 19.9 Å². The molecule has 6 heteroatoms. The van der Waals surface area contributed by atoms with Crippen LogP contribution in [-0.4, -0.2) is 12.5 Å². The van der Waals surface area contributed by atoms with Crippen LogP contribution in [0.25, 0.3) is 0 Å². The standard InChI is InChI=1S/C17H17ClF2N2O/c1-10-14(18)4-3-5-16(10)21-9-17(23)22-11(2)13-7-6-12(19)8-15(13)20/h3-8,11,21H,9H2,1-2H3,(H,22,23)/t11-/m1/s1. The molecule has 0 unspecified atom stereocenters. The van der Waals surface area contributed by atoms with Gasteiger partial charge in [-0.1, -0.05) is 23.7 Å². The van der Waals surface area contributed by atoms with Gasteiger partial charge in [-0.25, -0.2) is 8.78 Å². The number of hydrogen-bond acceptors (Lipinski definition) is 2. The minimum atomic E-state index is -0.684. The van der Waals surface area contributed by atoms with Crippen molar-refractivity contribution in [2.24, 2.45) is 0 Å². The molecule has 0 saturated carbocycles. The topological polar surface area (TPSA) is 41.1 Å². The molecule has 0 spiro atoms. The lowest BCUT2D eigenvalue weighted by molar-refractivity contribution is -0.120. The van der Waals surface area contributed by atoms with Crippen molar-refractivity contribution in [3.63, 3.8) is 0 Å². The first-order chi connectivity index (χ1) is 10.9. The largest absolute Gasteiger partial charge is 0.376 e. The number of carbonyl (C=O) groups is 1. The Bertz CT molecular complexity index is 722. The van der Waals surface area contributed by atoms with E-state index in [1.54, 1.807) is 19.1 Å². The van der Waals surface area contributed by atoms with E-state index < -0.39 is 17.7 Å². The highest BCUT2D eigenvalue weighted by atomic mass is 35.5. The van der Waals surface area contributed by atoms with Crippen molar-refractivity contribution in [3.05, 3.63) is 64.2 Å². The highest BCUT2D eigenvalue weighted by Crippen LogP contribution is 2.22. The molecule has 0 fully saturated rings. The molecular formula is C17H17ClF2N2O. The number of halogens is 3. The fourth-order valence-electron chi connectivity index (χ4n) is 2.20. The first-order valence-corrected chi connectivity index (χ1v) is 7.49. The van der Waals surface area contributed by atoms with Crippen LogP contribution in [0.4, 0.5) is 14.5 Å². The highest BCUT2D eigenvalue weighted by Gasteiger charge is 2.14. The van der Waals surface area contributed by atoms with Gasteiger partial charge >= 0.3 is 0 Å². The van der Waals surface area contributed by atoms with Crippen molar-refractivity contribution >= 4 is 23.2 Å². The van der Waals surface area contributed by atoms with E-state index in [9.17, 15) is 13.6 Å². The molecule has 2 N–H and O–H groups in total. The molecule has 0 radical (unpaired) electrons. The van der Waals surface area contributed by atoms with Gasteiger partial charge in [-0.15, -0.1) is 0 Å². The third kappa shape index (κ3) is 4.42. The van der Waals surface area contributed by atoms with Gasteiger partial charge in [0.15, 0.2) is 0 Å². The third-order valence-corrected chi connectivity index (χ3v) is 3.92. The van der Waals surface area contributed by atoms with Gasteiger partial charge in [-0.05, 0) is 37.6 Å². The van der Waals surface area contributed by atoms with E-state index in [4.69, 9.17) is 11.6 Å². The van der Waals surface area contributed by atoms with Gasteiger partial charge in [0, 0.05) is 22.3 Å². The van der Waals surface area contributed by atoms with Crippen LogP contribution in [0.3, 0.4) is 0 Å². The summed E-state index contributed by atoms with van der Waals surface area (Å²) in [5, 5.41) is 6.26. The molecule has 2 aromatic carbocycles. The molecule has 2 aromatic rings. The number of anilines is 1. The molecule has 0 bridgehead atoms. The second kappa shape index (κ2) is 7.42. The van der Waals surface area contributed by atoms with Crippen molar-refractivity contribution in [1.29, 1.82) is 0 Å². The smallest absolute Gasteiger partial charge is 0.239 e. The summed E-state index contributed by atoms with van der Waals surface area (Å²) in [6.45, 7) is 3.51. The van der Waals surface area contributed by atoms with Gasteiger partial charge in [0.2, 0.25) is 5.91 Å². The van der Waals surface area contributed by atoms with Crippen LogP contribution in [0, 0.1) is 18.6 Å². The van der Waals surface area contributed by atoms with Gasteiger partial charge in [0.1, 0.15) is 11.6 Å². The Morgan fingerprint density at radius 2 is 2.00 bits per heavy atom. The Hall–Kier alpha value is -2.14. The van der Waals surface area contributed by atoms with E-state index in [1.807, 2.05) is 13.0 Å². The summed E-state index contributed by atoms with van der Waals surface area (Å²) >= 11 is 6.01. The van der Waals surface area contributed by atoms with E-state index in [0.717, 1.165) is 23.4 Å². The first-order valence-electron chi connectivity index (χ1n) is 7.11. The number of nitrogens with one attached hydrogen (secondary N) is 2. The molecule has 23 heavy (non-hydrogen) atoms. The Morgan fingerprint density at radius 3 is 2.70 bits per heavy atom. The van der Waals surface area contributed by atoms with Gasteiger partial charge in [-0.3, -0.25) is 4.79 Å². The Labute approximate surface area is 138 Å². The van der Waals surface area contributed by atoms with Crippen LogP contribution < -0.4 is 10.6 Å². The number of amides is 1. The van der Waals surface area contributed by atoms with Crippen LogP contribution in [0.2, 0.25) is 5.02 Å². The van der Waals surface area contributed by atoms with E-state index in [2.05, 4.69) is 10.6 Å². The summed E-state index contributed by atoms with van der Waals surface area (Å²) in [5.41, 5.74) is 1.84. The molecule has 1 amide bonds. The molecule has 0 aliphatic rings. The Morgan fingerprint density at radius 1 is 1.26 bits per heavy atom. The van der Waals surface area contributed by atoms with Crippen molar-refractivity contribution in [2.75, 3.05) is 11.9 Å². The fraction of sp³-hybridized carbons (Fsp3) is 0.235. The summed E-state index contributed by atoms with van der Waals surface area (Å²) in [6.07, 6.45) is 0. The van der Waals surface area contributed by atoms with Crippen LogP contribution in [0.5, 0.6) is 0 Å². The zero-order valence-corrected chi connectivity index (χ0v) is 13.5. The summed E-state index contributed by atoms with van der Waals surface area (Å²) in [4.78, 5) is 12.0. The van der Waals surface area contributed by atoms with E-state index >= 15 is 0 Å². The number of benzene rings is 2. The molecule has 0 aliphatic carbocycles. The summed E-state index contributed by atoms with van der Waals surface area (Å²) < 4.78 is 26.6. The molecule has 122 valence electrons. The summed E-state index contributed by atoms with van der Waals surface area (Å²) in [5.74, 6) is -1.64. The quantitative estimate of drug-likeness (QED) is 0.857. The predicted octanol–water partition coefficient (Wildman–Crippen LogP) is 4.22. The van der Waals surface area contributed by atoms with Gasteiger partial charge < -0.3 is 10.6 Å². The Balaban J connectivity index is 1.95.